The normalized spacial score (nSPS) is 19.8. The summed E-state index contributed by atoms with van der Waals surface area (Å²) in [4.78, 5) is 35.2. The molecule has 2 atom stereocenters. The highest BCUT2D eigenvalue weighted by molar-refractivity contribution is 7.99. The lowest BCUT2D eigenvalue weighted by molar-refractivity contribution is -0.134. The molecule has 0 spiro atoms. The number of para-hydroxylation sites is 1. The van der Waals surface area contributed by atoms with Gasteiger partial charge in [0.2, 0.25) is 11.3 Å². The van der Waals surface area contributed by atoms with Gasteiger partial charge in [-0.05, 0) is 42.3 Å². The van der Waals surface area contributed by atoms with E-state index < -0.39 is 0 Å². The second kappa shape index (κ2) is 12.6. The van der Waals surface area contributed by atoms with Crippen LogP contribution in [0, 0.1) is 0 Å². The number of hydrogen-bond donors (Lipinski definition) is 1. The summed E-state index contributed by atoms with van der Waals surface area (Å²) in [6, 6.07) is 21.1. The summed E-state index contributed by atoms with van der Waals surface area (Å²) in [6.45, 7) is 4.22. The number of thioether (sulfide) groups is 2. The van der Waals surface area contributed by atoms with Crippen molar-refractivity contribution in [2.45, 2.75) is 22.9 Å². The number of piperazine rings is 1. The first-order valence-corrected chi connectivity index (χ1v) is 15.7. The molecule has 2 fully saturated rings. The fourth-order valence-electron chi connectivity index (χ4n) is 5.28. The minimum Gasteiger partial charge on any atom is -0.449 e. The minimum absolute atomic E-state index is 0.0123. The zero-order chi connectivity index (χ0) is 27.3. The van der Waals surface area contributed by atoms with Gasteiger partial charge in [-0.3, -0.25) is 24.8 Å². The lowest BCUT2D eigenvalue weighted by Crippen LogP contribution is -2.53. The summed E-state index contributed by atoms with van der Waals surface area (Å²) >= 11 is 3.38. The Morgan fingerprint density at radius 1 is 1.02 bits per heavy atom. The van der Waals surface area contributed by atoms with Crippen LogP contribution in [0.2, 0.25) is 0 Å². The second-order valence-electron chi connectivity index (χ2n) is 10.0. The van der Waals surface area contributed by atoms with Gasteiger partial charge in [0.15, 0.2) is 5.09 Å². The van der Waals surface area contributed by atoms with Crippen molar-refractivity contribution in [3.63, 3.8) is 0 Å². The van der Waals surface area contributed by atoms with E-state index in [9.17, 15) is 9.59 Å². The van der Waals surface area contributed by atoms with Gasteiger partial charge in [-0.1, -0.05) is 60.3 Å². The number of rotatable bonds is 8. The monoisotopic (exact) mass is 572 g/mol. The predicted octanol–water partition coefficient (Wildman–Crippen LogP) is 4.89. The lowest BCUT2D eigenvalue weighted by atomic mass is 10.1. The first-order valence-electron chi connectivity index (χ1n) is 13.7. The zero-order valence-electron chi connectivity index (χ0n) is 22.2. The average Bonchev–Trinajstić information content (AvgIpc) is 3.51. The summed E-state index contributed by atoms with van der Waals surface area (Å²) in [5.41, 5.74) is 3.27. The van der Waals surface area contributed by atoms with Crippen molar-refractivity contribution < 1.29 is 9.21 Å². The Kier molecular flexibility index (Phi) is 8.53. The van der Waals surface area contributed by atoms with Gasteiger partial charge in [0, 0.05) is 50.1 Å². The van der Waals surface area contributed by atoms with Gasteiger partial charge < -0.3 is 9.32 Å². The number of hydrogen-bond acceptors (Lipinski definition) is 8. The number of fused-ring (bicyclic) bond motifs is 1. The molecular weight excluding hydrogens is 541 g/mol. The molecule has 0 aliphatic carbocycles. The number of pyridine rings is 1. The molecule has 9 heteroatoms. The summed E-state index contributed by atoms with van der Waals surface area (Å²) in [7, 11) is 0. The van der Waals surface area contributed by atoms with Crippen molar-refractivity contribution in [1.82, 2.24) is 20.1 Å². The molecule has 1 N–H and O–H groups in total. The molecule has 2 unspecified atom stereocenters. The summed E-state index contributed by atoms with van der Waals surface area (Å²) in [5, 5.41) is 4.90. The van der Waals surface area contributed by atoms with Gasteiger partial charge in [-0.25, -0.2) is 0 Å². The van der Waals surface area contributed by atoms with E-state index in [1.807, 2.05) is 71.8 Å². The highest BCUT2D eigenvalue weighted by Crippen LogP contribution is 2.34. The van der Waals surface area contributed by atoms with Crippen LogP contribution in [0.1, 0.15) is 17.4 Å². The Labute approximate surface area is 242 Å². The molecule has 2 aromatic heterocycles. The number of nitrogens with one attached hydrogen (secondary N) is 1. The van der Waals surface area contributed by atoms with Crippen LogP contribution >= 0.6 is 23.5 Å². The third-order valence-corrected chi connectivity index (χ3v) is 9.74. The third kappa shape index (κ3) is 5.98. The van der Waals surface area contributed by atoms with E-state index >= 15 is 0 Å². The highest BCUT2D eigenvalue weighted by Gasteiger charge is 2.34. The Balaban J connectivity index is 1.01. The standard InChI is InChI=1S/C31H32N4O3S2/c36-28-24-11-4-5-12-26(24)38-31(27(28)22-8-2-1-3-9-22)39-19-7-14-34-15-17-35(18-16-34)30(37)25-21-40-29(33-25)23-10-6-13-32-20-23/h1-6,8-13,20,25,29,33H,7,14-19,21H2. The van der Waals surface area contributed by atoms with Crippen LogP contribution in [-0.2, 0) is 4.79 Å². The molecule has 2 aromatic carbocycles. The van der Waals surface area contributed by atoms with Gasteiger partial charge in [-0.15, -0.1) is 11.8 Å². The second-order valence-corrected chi connectivity index (χ2v) is 12.2. The molecule has 0 radical (unpaired) electrons. The maximum absolute atomic E-state index is 13.4. The van der Waals surface area contributed by atoms with E-state index in [1.165, 1.54) is 0 Å². The number of carbonyl (C=O) groups is 1. The van der Waals surface area contributed by atoms with Crippen LogP contribution < -0.4 is 10.7 Å². The molecule has 4 aromatic rings. The van der Waals surface area contributed by atoms with Crippen molar-refractivity contribution in [2.24, 2.45) is 0 Å². The largest absolute Gasteiger partial charge is 0.449 e. The van der Waals surface area contributed by atoms with Gasteiger partial charge >= 0.3 is 0 Å². The Hall–Kier alpha value is -3.11. The number of amides is 1. The number of aromatic nitrogens is 1. The van der Waals surface area contributed by atoms with Crippen LogP contribution in [0.3, 0.4) is 0 Å². The summed E-state index contributed by atoms with van der Waals surface area (Å²) < 4.78 is 6.24. The van der Waals surface area contributed by atoms with Crippen LogP contribution in [0.15, 0.2) is 93.4 Å². The number of benzene rings is 2. The molecule has 2 aliphatic heterocycles. The minimum atomic E-state index is -0.145. The SMILES string of the molecule is O=C(C1CSC(c2cccnc2)N1)N1CCN(CCCSc2oc3ccccc3c(=O)c2-c2ccccc2)CC1. The predicted molar refractivity (Wildman–Crippen MR) is 163 cm³/mol. The fourth-order valence-corrected chi connectivity index (χ4v) is 7.46. The van der Waals surface area contributed by atoms with E-state index in [0.29, 0.717) is 21.6 Å². The van der Waals surface area contributed by atoms with Gasteiger partial charge in [-0.2, -0.15) is 0 Å². The Bertz CT molecular complexity index is 1510. The summed E-state index contributed by atoms with van der Waals surface area (Å²) in [5.74, 6) is 1.83. The van der Waals surface area contributed by atoms with E-state index in [-0.39, 0.29) is 22.8 Å². The van der Waals surface area contributed by atoms with Crippen molar-refractivity contribution in [2.75, 3.05) is 44.2 Å². The van der Waals surface area contributed by atoms with Gasteiger partial charge in [0.05, 0.1) is 22.4 Å². The molecule has 2 aliphatic rings. The number of nitrogens with zero attached hydrogens (tertiary/aromatic N) is 3. The number of carbonyl (C=O) groups excluding carboxylic acids is 1. The smallest absolute Gasteiger partial charge is 0.240 e. The first kappa shape index (κ1) is 27.1. The Morgan fingerprint density at radius 3 is 2.62 bits per heavy atom. The van der Waals surface area contributed by atoms with E-state index in [0.717, 1.165) is 61.8 Å². The molecule has 1 amide bonds. The maximum Gasteiger partial charge on any atom is 0.240 e. The van der Waals surface area contributed by atoms with E-state index in [4.69, 9.17) is 4.42 Å². The van der Waals surface area contributed by atoms with Gasteiger partial charge in [0.25, 0.3) is 0 Å². The molecule has 0 bridgehead atoms. The third-order valence-electron chi connectivity index (χ3n) is 7.43. The average molecular weight is 573 g/mol. The van der Waals surface area contributed by atoms with Crippen LogP contribution in [0.5, 0.6) is 0 Å². The molecule has 206 valence electrons. The molecule has 4 heterocycles. The molecule has 0 saturated carbocycles. The van der Waals surface area contributed by atoms with Crippen LogP contribution in [-0.4, -0.2) is 71.0 Å². The van der Waals surface area contributed by atoms with E-state index in [2.05, 4.69) is 21.3 Å². The Morgan fingerprint density at radius 2 is 1.82 bits per heavy atom. The quantitative estimate of drug-likeness (QED) is 0.236. The summed E-state index contributed by atoms with van der Waals surface area (Å²) in [6.07, 6.45) is 4.61. The first-order chi connectivity index (χ1) is 19.7. The highest BCUT2D eigenvalue weighted by atomic mass is 32.2. The molecule has 2 saturated heterocycles. The van der Waals surface area contributed by atoms with Crippen LogP contribution in [0.25, 0.3) is 22.1 Å². The van der Waals surface area contributed by atoms with E-state index in [1.54, 1.807) is 29.7 Å². The molecule has 7 nitrogen and oxygen atoms in total. The molecule has 40 heavy (non-hydrogen) atoms. The zero-order valence-corrected chi connectivity index (χ0v) is 23.8. The molecular formula is C31H32N4O3S2. The fraction of sp³-hybridized carbons (Fsp3) is 0.323. The lowest BCUT2D eigenvalue weighted by Gasteiger charge is -2.36. The van der Waals surface area contributed by atoms with Crippen molar-refractivity contribution in [3.8, 4) is 11.1 Å². The van der Waals surface area contributed by atoms with Gasteiger partial charge in [0.1, 0.15) is 5.58 Å². The topological polar surface area (TPSA) is 78.7 Å². The maximum atomic E-state index is 13.4. The van der Waals surface area contributed by atoms with Crippen molar-refractivity contribution in [3.05, 3.63) is 94.9 Å². The van der Waals surface area contributed by atoms with Crippen LogP contribution in [0.4, 0.5) is 0 Å². The van der Waals surface area contributed by atoms with Crippen molar-refractivity contribution in [1.29, 1.82) is 0 Å². The van der Waals surface area contributed by atoms with Crippen molar-refractivity contribution >= 4 is 40.4 Å². The molecule has 6 rings (SSSR count).